The maximum absolute atomic E-state index is 10.2. The first-order valence-electron chi connectivity index (χ1n) is 5.12. The molecule has 1 heterocycles. The molecule has 5 heteroatoms. The third kappa shape index (κ3) is 3.07. The fourth-order valence-electron chi connectivity index (χ4n) is 2.33. The Labute approximate surface area is 95.6 Å². The van der Waals surface area contributed by atoms with Gasteiger partial charge in [0.25, 0.3) is 0 Å². The lowest BCUT2D eigenvalue weighted by molar-refractivity contribution is -0.344. The van der Waals surface area contributed by atoms with Gasteiger partial charge in [-0.05, 0) is 33.4 Å². The van der Waals surface area contributed by atoms with Crippen LogP contribution < -0.4 is 0 Å². The number of aliphatic hydroxyl groups is 2. The molecule has 0 amide bonds. The van der Waals surface area contributed by atoms with Crippen LogP contribution in [0.3, 0.4) is 0 Å². The molecule has 90 valence electrons. The predicted octanol–water partition coefficient (Wildman–Crippen LogP) is 1.18. The molecule has 1 aliphatic heterocycles. The van der Waals surface area contributed by atoms with Crippen molar-refractivity contribution in [3.05, 3.63) is 0 Å². The fourth-order valence-corrected chi connectivity index (χ4v) is 2.54. The van der Waals surface area contributed by atoms with E-state index in [1.807, 2.05) is 20.1 Å². The molecule has 0 aromatic carbocycles. The summed E-state index contributed by atoms with van der Waals surface area (Å²) in [6, 6.07) is 0. The number of hydroxylamine groups is 2. The molecule has 0 radical (unpaired) electrons. The van der Waals surface area contributed by atoms with E-state index in [-0.39, 0.29) is 5.54 Å². The number of thioether (sulfide) groups is 1. The summed E-state index contributed by atoms with van der Waals surface area (Å²) in [6.07, 6.45) is 2.41. The lowest BCUT2D eigenvalue weighted by atomic mass is 9.85. The van der Waals surface area contributed by atoms with Crippen LogP contribution in [0.5, 0.6) is 0 Å². The van der Waals surface area contributed by atoms with Crippen molar-refractivity contribution in [2.45, 2.75) is 51.0 Å². The van der Waals surface area contributed by atoms with Crippen LogP contribution in [0, 0.1) is 0 Å². The summed E-state index contributed by atoms with van der Waals surface area (Å²) in [5.74, 6) is 0.510. The molecule has 1 rings (SSSR count). The Morgan fingerprint density at radius 3 is 2.47 bits per heavy atom. The molecule has 4 nitrogen and oxygen atoms in total. The van der Waals surface area contributed by atoms with E-state index in [1.165, 1.54) is 0 Å². The van der Waals surface area contributed by atoms with Crippen LogP contribution in [0.2, 0.25) is 0 Å². The van der Waals surface area contributed by atoms with Gasteiger partial charge >= 0.3 is 0 Å². The van der Waals surface area contributed by atoms with Gasteiger partial charge in [-0.3, -0.25) is 4.84 Å². The first kappa shape index (κ1) is 13.3. The summed E-state index contributed by atoms with van der Waals surface area (Å²) in [4.78, 5) is 5.55. The normalized spacial score (nSPS) is 36.8. The Bertz CT molecular complexity index is 203. The number of aliphatic hydroxyl groups excluding tert-OH is 1. The highest BCUT2D eigenvalue weighted by molar-refractivity contribution is 7.98. The number of rotatable bonds is 3. The zero-order chi connectivity index (χ0) is 11.7. The highest BCUT2D eigenvalue weighted by Crippen LogP contribution is 2.37. The second kappa shape index (κ2) is 4.59. The smallest absolute Gasteiger partial charge is 0.141 e. The van der Waals surface area contributed by atoms with E-state index in [1.54, 1.807) is 23.7 Å². The van der Waals surface area contributed by atoms with Crippen molar-refractivity contribution in [2.24, 2.45) is 0 Å². The van der Waals surface area contributed by atoms with Crippen molar-refractivity contribution in [2.75, 3.05) is 12.2 Å². The molecule has 2 atom stereocenters. The van der Waals surface area contributed by atoms with Crippen LogP contribution in [-0.4, -0.2) is 44.8 Å². The molecular weight excluding hydrogens is 214 g/mol. The second-order valence-corrected chi connectivity index (χ2v) is 5.73. The first-order valence-corrected chi connectivity index (χ1v) is 6.51. The predicted molar refractivity (Wildman–Crippen MR) is 61.2 cm³/mol. The monoisotopic (exact) mass is 235 g/mol. The maximum Gasteiger partial charge on any atom is 0.141 e. The summed E-state index contributed by atoms with van der Waals surface area (Å²) in [7, 11) is 0. The average molecular weight is 235 g/mol. The van der Waals surface area contributed by atoms with E-state index in [4.69, 9.17) is 4.84 Å². The van der Waals surface area contributed by atoms with Gasteiger partial charge in [-0.1, -0.05) is 0 Å². The van der Waals surface area contributed by atoms with E-state index in [0.717, 1.165) is 0 Å². The van der Waals surface area contributed by atoms with E-state index in [2.05, 4.69) is 0 Å². The van der Waals surface area contributed by atoms with Gasteiger partial charge in [0.05, 0.1) is 6.10 Å². The molecule has 0 spiro atoms. The number of hydrogen-bond acceptors (Lipinski definition) is 5. The quantitative estimate of drug-likeness (QED) is 0.720. The van der Waals surface area contributed by atoms with Crippen LogP contribution >= 0.6 is 11.8 Å². The fraction of sp³-hybridized carbons (Fsp3) is 1.00. The van der Waals surface area contributed by atoms with Crippen molar-refractivity contribution in [3.8, 4) is 0 Å². The van der Waals surface area contributed by atoms with E-state index in [9.17, 15) is 10.2 Å². The van der Waals surface area contributed by atoms with Gasteiger partial charge in [-0.15, -0.1) is 11.8 Å². The Morgan fingerprint density at radius 2 is 2.00 bits per heavy atom. The molecule has 0 aliphatic carbocycles. The molecule has 0 aromatic heterocycles. The Hall–Kier alpha value is 0.190. The minimum atomic E-state index is -1.10. The maximum atomic E-state index is 10.2. The summed E-state index contributed by atoms with van der Waals surface area (Å²) >= 11 is 1.56. The van der Waals surface area contributed by atoms with Gasteiger partial charge in [0, 0.05) is 12.0 Å². The molecule has 2 N–H and O–H groups in total. The highest BCUT2D eigenvalue weighted by atomic mass is 32.2. The minimum Gasteiger partial charge on any atom is -0.393 e. The number of piperidine rings is 1. The molecule has 0 bridgehead atoms. The molecule has 1 fully saturated rings. The third-order valence-electron chi connectivity index (χ3n) is 2.64. The molecule has 0 aromatic rings. The Balaban J connectivity index is 2.77. The van der Waals surface area contributed by atoms with Crippen LogP contribution in [0.15, 0.2) is 0 Å². The topological polar surface area (TPSA) is 52.9 Å². The zero-order valence-corrected chi connectivity index (χ0v) is 10.7. The number of nitrogens with zero attached hydrogens (tertiary/aromatic N) is 1. The molecule has 1 aliphatic rings. The summed E-state index contributed by atoms with van der Waals surface area (Å²) in [5.41, 5.74) is -1.45. The van der Waals surface area contributed by atoms with Crippen LogP contribution in [0.25, 0.3) is 0 Å². The minimum absolute atomic E-state index is 0.324. The molecule has 15 heavy (non-hydrogen) atoms. The van der Waals surface area contributed by atoms with Crippen molar-refractivity contribution in [3.63, 3.8) is 0 Å². The highest BCUT2D eigenvalue weighted by Gasteiger charge is 2.47. The van der Waals surface area contributed by atoms with E-state index in [0.29, 0.717) is 18.8 Å². The Morgan fingerprint density at radius 1 is 1.40 bits per heavy atom. The largest absolute Gasteiger partial charge is 0.393 e. The van der Waals surface area contributed by atoms with Gasteiger partial charge < -0.3 is 10.2 Å². The van der Waals surface area contributed by atoms with Gasteiger partial charge in [0.1, 0.15) is 11.7 Å². The van der Waals surface area contributed by atoms with Crippen LogP contribution in [0.4, 0.5) is 0 Å². The van der Waals surface area contributed by atoms with Gasteiger partial charge in [0.2, 0.25) is 0 Å². The average Bonchev–Trinajstić information content (AvgIpc) is 1.98. The van der Waals surface area contributed by atoms with Crippen molar-refractivity contribution in [1.29, 1.82) is 0 Å². The van der Waals surface area contributed by atoms with Crippen LogP contribution in [0.1, 0.15) is 33.6 Å². The molecule has 0 saturated carbocycles. The standard InChI is InChI=1S/C10H21NO3S/c1-9(2)5-8(12)6-10(3,13)11(9)14-7-15-4/h8,12-13H,5-7H2,1-4H3. The van der Waals surface area contributed by atoms with Crippen LogP contribution in [-0.2, 0) is 4.84 Å². The number of hydrogen-bond donors (Lipinski definition) is 2. The Kier molecular flexibility index (Phi) is 4.06. The van der Waals surface area contributed by atoms with E-state index < -0.39 is 11.8 Å². The first-order chi connectivity index (χ1) is 6.79. The molecule has 2 unspecified atom stereocenters. The van der Waals surface area contributed by atoms with Gasteiger partial charge in [-0.25, -0.2) is 0 Å². The van der Waals surface area contributed by atoms with E-state index >= 15 is 0 Å². The zero-order valence-electron chi connectivity index (χ0n) is 9.86. The second-order valence-electron chi connectivity index (χ2n) is 4.92. The lowest BCUT2D eigenvalue weighted by Gasteiger charge is -2.51. The van der Waals surface area contributed by atoms with Crippen molar-refractivity contribution < 1.29 is 15.1 Å². The molecular formula is C10H21NO3S. The van der Waals surface area contributed by atoms with Gasteiger partial charge in [-0.2, -0.15) is 5.06 Å². The van der Waals surface area contributed by atoms with Crippen molar-refractivity contribution in [1.82, 2.24) is 5.06 Å². The third-order valence-corrected chi connectivity index (χ3v) is 2.99. The summed E-state index contributed by atoms with van der Waals surface area (Å²) < 4.78 is 0. The van der Waals surface area contributed by atoms with Crippen molar-refractivity contribution >= 4 is 11.8 Å². The SMILES string of the molecule is CSCON1C(C)(C)CC(O)CC1(C)O. The summed E-state index contributed by atoms with van der Waals surface area (Å²) in [5, 5.41) is 21.5. The molecule has 1 saturated heterocycles. The lowest BCUT2D eigenvalue weighted by Crippen LogP contribution is -2.62. The summed E-state index contributed by atoms with van der Waals surface area (Å²) in [6.45, 7) is 5.60. The van der Waals surface area contributed by atoms with Gasteiger partial charge in [0.15, 0.2) is 0 Å².